The van der Waals surface area contributed by atoms with Gasteiger partial charge in [0.15, 0.2) is 0 Å². The van der Waals surface area contributed by atoms with Gasteiger partial charge in [-0.15, -0.1) is 0 Å². The number of allylic oxidation sites excluding steroid dienone is 4. The summed E-state index contributed by atoms with van der Waals surface area (Å²) in [7, 11) is 0. The van der Waals surface area contributed by atoms with Crippen LogP contribution in [0.4, 0.5) is 0 Å². The van der Waals surface area contributed by atoms with Crippen molar-refractivity contribution in [3.63, 3.8) is 0 Å². The number of ketones is 1. The van der Waals surface area contributed by atoms with E-state index in [1.165, 1.54) is 38.5 Å². The molecule has 0 aromatic carbocycles. The molecule has 4 unspecified atom stereocenters. The van der Waals surface area contributed by atoms with Crippen LogP contribution in [0, 0.1) is 23.7 Å². The molecule has 0 saturated heterocycles. The predicted molar refractivity (Wildman–Crippen MR) is 104 cm³/mol. The minimum atomic E-state index is 0.499. The monoisotopic (exact) mass is 330 g/mol. The largest absolute Gasteiger partial charge is 0.300 e. The second-order valence-electron chi connectivity index (χ2n) is 8.74. The summed E-state index contributed by atoms with van der Waals surface area (Å²) in [5.74, 6) is 3.50. The average Bonchev–Trinajstić information content (AvgIpc) is 2.58. The molecule has 0 saturated carbocycles. The molecule has 2 aliphatic carbocycles. The van der Waals surface area contributed by atoms with E-state index in [-0.39, 0.29) is 0 Å². The van der Waals surface area contributed by atoms with Crippen molar-refractivity contribution in [3.8, 4) is 0 Å². The second-order valence-corrected chi connectivity index (χ2v) is 8.74. The van der Waals surface area contributed by atoms with Gasteiger partial charge in [-0.1, -0.05) is 37.1 Å². The zero-order valence-corrected chi connectivity index (χ0v) is 16.4. The van der Waals surface area contributed by atoms with E-state index in [2.05, 4.69) is 39.8 Å². The summed E-state index contributed by atoms with van der Waals surface area (Å²) < 4.78 is 0. The molecular weight excluding hydrogens is 292 g/mol. The van der Waals surface area contributed by atoms with Crippen LogP contribution in [-0.4, -0.2) is 5.78 Å². The highest BCUT2D eigenvalue weighted by atomic mass is 16.1. The maximum absolute atomic E-state index is 12.3. The molecular formula is C23H38O. The first-order chi connectivity index (χ1) is 11.5. The fourth-order valence-electron chi connectivity index (χ4n) is 4.38. The Morgan fingerprint density at radius 2 is 1.33 bits per heavy atom. The van der Waals surface area contributed by atoms with Crippen molar-refractivity contribution in [1.29, 1.82) is 0 Å². The van der Waals surface area contributed by atoms with Crippen LogP contribution < -0.4 is 0 Å². The molecule has 1 nitrogen and oxygen atoms in total. The lowest BCUT2D eigenvalue weighted by atomic mass is 9.78. The maximum Gasteiger partial charge on any atom is 0.132 e. The first-order valence-corrected chi connectivity index (χ1v) is 10.3. The Hall–Kier alpha value is -0.850. The highest BCUT2D eigenvalue weighted by Gasteiger charge is 2.22. The fourth-order valence-corrected chi connectivity index (χ4v) is 4.38. The highest BCUT2D eigenvalue weighted by Crippen LogP contribution is 2.33. The third-order valence-corrected chi connectivity index (χ3v) is 6.72. The molecule has 0 aromatic rings. The molecule has 0 aromatic heterocycles. The number of carbonyl (C=O) groups excluding carboxylic acids is 1. The summed E-state index contributed by atoms with van der Waals surface area (Å²) in [6, 6.07) is 0. The van der Waals surface area contributed by atoms with Gasteiger partial charge in [0.2, 0.25) is 0 Å². The van der Waals surface area contributed by atoms with Crippen LogP contribution >= 0.6 is 0 Å². The SMILES string of the molecule is CC1=CCC(C(C)CCC(=O)CCC(C)C2CC=C(C)CC2)CC1. The number of Topliss-reactive ketones (excluding diaryl/α,β-unsaturated/α-hetero) is 1. The summed E-state index contributed by atoms with van der Waals surface area (Å²) in [5, 5.41) is 0. The van der Waals surface area contributed by atoms with E-state index in [1.807, 2.05) is 0 Å². The number of carbonyl (C=O) groups is 1. The Kier molecular flexibility index (Phi) is 7.78. The standard InChI is InChI=1S/C23H38O/c1-17-5-11-21(12-6-17)19(3)9-15-23(24)16-10-20(4)22-13-7-18(2)8-14-22/h5,7,19-22H,6,8-16H2,1-4H3. The van der Waals surface area contributed by atoms with E-state index in [4.69, 9.17) is 0 Å². The van der Waals surface area contributed by atoms with Crippen molar-refractivity contribution in [2.45, 2.75) is 91.9 Å². The van der Waals surface area contributed by atoms with Crippen LogP contribution in [0.5, 0.6) is 0 Å². The van der Waals surface area contributed by atoms with Crippen molar-refractivity contribution in [1.82, 2.24) is 0 Å². The van der Waals surface area contributed by atoms with Gasteiger partial charge in [-0.3, -0.25) is 4.79 Å². The lowest BCUT2D eigenvalue weighted by molar-refractivity contribution is -0.119. The predicted octanol–water partition coefficient (Wildman–Crippen LogP) is 6.88. The molecule has 0 fully saturated rings. The van der Waals surface area contributed by atoms with Crippen LogP contribution in [0.25, 0.3) is 0 Å². The number of hydrogen-bond donors (Lipinski definition) is 0. The van der Waals surface area contributed by atoms with E-state index in [9.17, 15) is 4.79 Å². The quantitative estimate of drug-likeness (QED) is 0.443. The van der Waals surface area contributed by atoms with Crippen molar-refractivity contribution in [3.05, 3.63) is 23.3 Å². The Balaban J connectivity index is 1.62. The summed E-state index contributed by atoms with van der Waals surface area (Å²) in [5.41, 5.74) is 3.10. The van der Waals surface area contributed by atoms with Gasteiger partial charge in [-0.05, 0) is 88.9 Å². The van der Waals surface area contributed by atoms with Crippen LogP contribution in [0.3, 0.4) is 0 Å². The van der Waals surface area contributed by atoms with Gasteiger partial charge in [0, 0.05) is 12.8 Å². The van der Waals surface area contributed by atoms with Crippen molar-refractivity contribution >= 4 is 5.78 Å². The maximum atomic E-state index is 12.3. The van der Waals surface area contributed by atoms with Gasteiger partial charge in [-0.25, -0.2) is 0 Å². The summed E-state index contributed by atoms with van der Waals surface area (Å²) in [4.78, 5) is 12.3. The summed E-state index contributed by atoms with van der Waals surface area (Å²) >= 11 is 0. The normalized spacial score (nSPS) is 27.2. The first kappa shape index (κ1) is 19.5. The molecule has 4 atom stereocenters. The van der Waals surface area contributed by atoms with Crippen molar-refractivity contribution < 1.29 is 4.79 Å². The fraction of sp³-hybridized carbons (Fsp3) is 0.783. The Morgan fingerprint density at radius 3 is 1.67 bits per heavy atom. The average molecular weight is 331 g/mol. The van der Waals surface area contributed by atoms with Crippen LogP contribution in [0.2, 0.25) is 0 Å². The first-order valence-electron chi connectivity index (χ1n) is 10.3. The van der Waals surface area contributed by atoms with Gasteiger partial charge >= 0.3 is 0 Å². The number of hydrogen-bond acceptors (Lipinski definition) is 1. The summed E-state index contributed by atoms with van der Waals surface area (Å²) in [6.45, 7) is 9.20. The molecule has 0 radical (unpaired) electrons. The highest BCUT2D eigenvalue weighted by molar-refractivity contribution is 5.78. The van der Waals surface area contributed by atoms with Crippen molar-refractivity contribution in [2.24, 2.45) is 23.7 Å². The van der Waals surface area contributed by atoms with E-state index in [1.54, 1.807) is 11.1 Å². The Labute approximate surface area is 150 Å². The zero-order valence-electron chi connectivity index (χ0n) is 16.4. The van der Waals surface area contributed by atoms with Gasteiger partial charge < -0.3 is 0 Å². The van der Waals surface area contributed by atoms with Gasteiger partial charge in [0.1, 0.15) is 5.78 Å². The third-order valence-electron chi connectivity index (χ3n) is 6.72. The molecule has 0 heterocycles. The van der Waals surface area contributed by atoms with Crippen LogP contribution in [0.15, 0.2) is 23.3 Å². The lowest BCUT2D eigenvalue weighted by Crippen LogP contribution is -2.17. The summed E-state index contributed by atoms with van der Waals surface area (Å²) in [6.07, 6.45) is 16.2. The molecule has 24 heavy (non-hydrogen) atoms. The smallest absolute Gasteiger partial charge is 0.132 e. The minimum absolute atomic E-state index is 0.499. The van der Waals surface area contributed by atoms with E-state index >= 15 is 0 Å². The molecule has 2 rings (SSSR count). The van der Waals surface area contributed by atoms with E-state index < -0.39 is 0 Å². The molecule has 0 amide bonds. The van der Waals surface area contributed by atoms with E-state index in [0.29, 0.717) is 17.6 Å². The van der Waals surface area contributed by atoms with Crippen molar-refractivity contribution in [2.75, 3.05) is 0 Å². The Morgan fingerprint density at radius 1 is 0.917 bits per heavy atom. The second kappa shape index (κ2) is 9.59. The molecule has 0 aliphatic heterocycles. The van der Waals surface area contributed by atoms with Gasteiger partial charge in [0.05, 0.1) is 0 Å². The van der Waals surface area contributed by atoms with Crippen LogP contribution in [-0.2, 0) is 4.79 Å². The molecule has 0 N–H and O–H groups in total. The number of rotatable bonds is 8. The van der Waals surface area contributed by atoms with Gasteiger partial charge in [0.25, 0.3) is 0 Å². The lowest BCUT2D eigenvalue weighted by Gasteiger charge is -2.27. The van der Waals surface area contributed by atoms with E-state index in [0.717, 1.165) is 37.5 Å². The molecule has 0 bridgehead atoms. The molecule has 2 aliphatic rings. The van der Waals surface area contributed by atoms with Crippen LogP contribution in [0.1, 0.15) is 91.9 Å². The molecule has 0 spiro atoms. The third kappa shape index (κ3) is 6.22. The topological polar surface area (TPSA) is 17.1 Å². The van der Waals surface area contributed by atoms with Gasteiger partial charge in [-0.2, -0.15) is 0 Å². The zero-order chi connectivity index (χ0) is 17.5. The minimum Gasteiger partial charge on any atom is -0.300 e. The molecule has 1 heteroatoms. The Bertz CT molecular complexity index is 428. The molecule has 136 valence electrons.